The van der Waals surface area contributed by atoms with Gasteiger partial charge >= 0.3 is 0 Å². The van der Waals surface area contributed by atoms with Gasteiger partial charge in [-0.15, -0.1) is 0 Å². The van der Waals surface area contributed by atoms with Crippen molar-refractivity contribution < 1.29 is 18.4 Å². The summed E-state index contributed by atoms with van der Waals surface area (Å²) in [5.41, 5.74) is 0. The minimum absolute atomic E-state index is 0.291. The predicted octanol–water partition coefficient (Wildman–Crippen LogP) is 2.49. The average molecular weight is 333 g/mol. The van der Waals surface area contributed by atoms with Crippen molar-refractivity contribution in [1.82, 2.24) is 15.0 Å². The van der Waals surface area contributed by atoms with E-state index in [4.69, 9.17) is 18.4 Å². The Kier molecular flexibility index (Phi) is 4.91. The van der Waals surface area contributed by atoms with Crippen LogP contribution in [0.1, 0.15) is 31.6 Å². The fraction of sp³-hybridized carbons (Fsp3) is 0.647. The summed E-state index contributed by atoms with van der Waals surface area (Å²) in [4.78, 5) is 6.76. The third kappa shape index (κ3) is 3.85. The van der Waals surface area contributed by atoms with Crippen LogP contribution >= 0.6 is 0 Å². The van der Waals surface area contributed by atoms with Crippen LogP contribution in [0, 0.1) is 0 Å². The van der Waals surface area contributed by atoms with E-state index in [-0.39, 0.29) is 0 Å². The molecule has 2 saturated heterocycles. The molecule has 4 rings (SSSR count). The smallest absolute Gasteiger partial charge is 0.241 e. The van der Waals surface area contributed by atoms with E-state index in [1.165, 1.54) is 0 Å². The zero-order valence-corrected chi connectivity index (χ0v) is 13.7. The molecule has 0 N–H and O–H groups in total. The quantitative estimate of drug-likeness (QED) is 0.770. The molecule has 130 valence electrons. The molecule has 2 aliphatic heterocycles. The SMILES string of the molecule is c1coc(-c2noc(CN(C[C@H]3CCCO3)C[C@H]3CCCO3)n2)c1. The molecular formula is C17H23N3O4. The zero-order chi connectivity index (χ0) is 16.2. The molecule has 2 aliphatic rings. The van der Waals surface area contributed by atoms with Crippen molar-refractivity contribution in [3.63, 3.8) is 0 Å². The Morgan fingerprint density at radius 1 is 1.08 bits per heavy atom. The molecule has 2 aromatic heterocycles. The topological polar surface area (TPSA) is 73.8 Å². The lowest BCUT2D eigenvalue weighted by Crippen LogP contribution is -2.37. The summed E-state index contributed by atoms with van der Waals surface area (Å²) in [5, 5.41) is 4.01. The van der Waals surface area contributed by atoms with Crippen molar-refractivity contribution >= 4 is 0 Å². The first-order valence-corrected chi connectivity index (χ1v) is 8.69. The van der Waals surface area contributed by atoms with Crippen molar-refractivity contribution in [2.24, 2.45) is 0 Å². The Morgan fingerprint density at radius 2 is 1.83 bits per heavy atom. The van der Waals surface area contributed by atoms with Gasteiger partial charge in [0.05, 0.1) is 25.0 Å². The second kappa shape index (κ2) is 7.46. The Balaban J connectivity index is 1.41. The van der Waals surface area contributed by atoms with Crippen molar-refractivity contribution in [2.45, 2.75) is 44.4 Å². The van der Waals surface area contributed by atoms with E-state index in [9.17, 15) is 0 Å². The zero-order valence-electron chi connectivity index (χ0n) is 13.7. The molecule has 2 fully saturated rings. The second-order valence-corrected chi connectivity index (χ2v) is 6.45. The van der Waals surface area contributed by atoms with Gasteiger partial charge in [-0.25, -0.2) is 0 Å². The maximum Gasteiger partial charge on any atom is 0.241 e. The number of ether oxygens (including phenoxy) is 2. The van der Waals surface area contributed by atoms with Gasteiger partial charge in [-0.2, -0.15) is 4.98 Å². The molecular weight excluding hydrogens is 310 g/mol. The van der Waals surface area contributed by atoms with Crippen LogP contribution in [-0.4, -0.2) is 53.6 Å². The molecule has 0 radical (unpaired) electrons. The summed E-state index contributed by atoms with van der Waals surface area (Å²) in [5.74, 6) is 1.70. The van der Waals surface area contributed by atoms with E-state index in [2.05, 4.69) is 15.0 Å². The minimum atomic E-state index is 0.291. The first kappa shape index (κ1) is 15.8. The van der Waals surface area contributed by atoms with E-state index in [0.717, 1.165) is 52.0 Å². The van der Waals surface area contributed by atoms with Gasteiger partial charge in [0.1, 0.15) is 0 Å². The van der Waals surface area contributed by atoms with Crippen LogP contribution in [0.5, 0.6) is 0 Å². The molecule has 0 spiro atoms. The highest BCUT2D eigenvalue weighted by molar-refractivity contribution is 5.44. The van der Waals surface area contributed by atoms with Crippen LogP contribution in [0.3, 0.4) is 0 Å². The van der Waals surface area contributed by atoms with Crippen molar-refractivity contribution in [3.05, 3.63) is 24.3 Å². The third-order valence-corrected chi connectivity index (χ3v) is 4.54. The number of nitrogens with zero attached hydrogens (tertiary/aromatic N) is 3. The summed E-state index contributed by atoms with van der Waals surface area (Å²) >= 11 is 0. The molecule has 24 heavy (non-hydrogen) atoms. The summed E-state index contributed by atoms with van der Waals surface area (Å²) in [6.45, 7) is 4.08. The van der Waals surface area contributed by atoms with Crippen LogP contribution in [0.4, 0.5) is 0 Å². The second-order valence-electron chi connectivity index (χ2n) is 6.45. The summed E-state index contributed by atoms with van der Waals surface area (Å²) < 4.78 is 22.3. The maximum absolute atomic E-state index is 5.79. The van der Waals surface area contributed by atoms with Gasteiger partial charge in [0.2, 0.25) is 11.7 Å². The van der Waals surface area contributed by atoms with Crippen molar-refractivity contribution in [3.8, 4) is 11.6 Å². The average Bonchev–Trinajstić information content (AvgIpc) is 3.37. The predicted molar refractivity (Wildman–Crippen MR) is 85.2 cm³/mol. The first-order valence-electron chi connectivity index (χ1n) is 8.69. The monoisotopic (exact) mass is 333 g/mol. The molecule has 2 atom stereocenters. The molecule has 2 aromatic rings. The largest absolute Gasteiger partial charge is 0.461 e. The number of rotatable bonds is 7. The fourth-order valence-corrected chi connectivity index (χ4v) is 3.37. The fourth-order valence-electron chi connectivity index (χ4n) is 3.37. The van der Waals surface area contributed by atoms with E-state index < -0.39 is 0 Å². The highest BCUT2D eigenvalue weighted by Gasteiger charge is 2.25. The molecule has 0 amide bonds. The number of furan rings is 1. The Bertz CT molecular complexity index is 598. The molecule has 4 heterocycles. The number of aromatic nitrogens is 2. The lowest BCUT2D eigenvalue weighted by molar-refractivity contribution is 0.0309. The van der Waals surface area contributed by atoms with Gasteiger partial charge in [0.25, 0.3) is 0 Å². The van der Waals surface area contributed by atoms with Crippen LogP contribution in [0.15, 0.2) is 27.3 Å². The van der Waals surface area contributed by atoms with E-state index >= 15 is 0 Å². The van der Waals surface area contributed by atoms with E-state index in [1.54, 1.807) is 6.26 Å². The highest BCUT2D eigenvalue weighted by atomic mass is 16.5. The molecule has 7 nitrogen and oxygen atoms in total. The lowest BCUT2D eigenvalue weighted by atomic mass is 10.2. The van der Waals surface area contributed by atoms with Gasteiger partial charge in [-0.3, -0.25) is 4.90 Å². The molecule has 7 heteroatoms. The Labute approximate surface area is 140 Å². The molecule has 0 aliphatic carbocycles. The summed E-state index contributed by atoms with van der Waals surface area (Å²) in [7, 11) is 0. The normalized spacial score (nSPS) is 24.2. The maximum atomic E-state index is 5.79. The van der Waals surface area contributed by atoms with Gasteiger partial charge in [-0.1, -0.05) is 5.16 Å². The molecule has 0 unspecified atom stereocenters. The Morgan fingerprint density at radius 3 is 2.42 bits per heavy atom. The van der Waals surface area contributed by atoms with Gasteiger partial charge in [0.15, 0.2) is 5.76 Å². The molecule has 0 saturated carbocycles. The standard InChI is InChI=1S/C17H23N3O4/c1-4-13(21-7-1)10-20(11-14-5-2-8-22-14)12-16-18-17(19-24-16)15-6-3-9-23-15/h3,6,9,13-14H,1-2,4-5,7-8,10-12H2/t13-,14-/m1/s1. The van der Waals surface area contributed by atoms with Crippen LogP contribution in [-0.2, 0) is 16.0 Å². The minimum Gasteiger partial charge on any atom is -0.461 e. The lowest BCUT2D eigenvalue weighted by Gasteiger charge is -2.26. The van der Waals surface area contributed by atoms with Gasteiger partial charge in [-0.05, 0) is 37.8 Å². The highest BCUT2D eigenvalue weighted by Crippen LogP contribution is 2.20. The van der Waals surface area contributed by atoms with Gasteiger partial charge < -0.3 is 18.4 Å². The molecule has 0 aromatic carbocycles. The first-order chi connectivity index (χ1) is 11.9. The Hall–Kier alpha value is -1.70. The third-order valence-electron chi connectivity index (χ3n) is 4.54. The van der Waals surface area contributed by atoms with Crippen LogP contribution < -0.4 is 0 Å². The van der Waals surface area contributed by atoms with Crippen LogP contribution in [0.2, 0.25) is 0 Å². The van der Waals surface area contributed by atoms with Crippen molar-refractivity contribution in [1.29, 1.82) is 0 Å². The van der Waals surface area contributed by atoms with Gasteiger partial charge in [0, 0.05) is 26.3 Å². The van der Waals surface area contributed by atoms with E-state index in [0.29, 0.717) is 36.2 Å². The summed E-state index contributed by atoms with van der Waals surface area (Å²) in [6.07, 6.45) is 6.70. The molecule has 0 bridgehead atoms. The summed E-state index contributed by atoms with van der Waals surface area (Å²) in [6, 6.07) is 3.64. The number of hydrogen-bond donors (Lipinski definition) is 0. The van der Waals surface area contributed by atoms with E-state index in [1.807, 2.05) is 12.1 Å². The van der Waals surface area contributed by atoms with Crippen LogP contribution in [0.25, 0.3) is 11.6 Å². The van der Waals surface area contributed by atoms with Crippen molar-refractivity contribution in [2.75, 3.05) is 26.3 Å². The number of hydrogen-bond acceptors (Lipinski definition) is 7.